The van der Waals surface area contributed by atoms with E-state index >= 15 is 0 Å². The van der Waals surface area contributed by atoms with Gasteiger partial charge in [-0.2, -0.15) is 5.26 Å². The van der Waals surface area contributed by atoms with E-state index in [4.69, 9.17) is 10.00 Å². The number of nitrogens with zero attached hydrogens (tertiary/aromatic N) is 3. The largest absolute Gasteiger partial charge is 0.493 e. The van der Waals surface area contributed by atoms with Crippen molar-refractivity contribution in [3.63, 3.8) is 0 Å². The van der Waals surface area contributed by atoms with Crippen LogP contribution in [0.3, 0.4) is 0 Å². The fourth-order valence-corrected chi connectivity index (χ4v) is 3.88. The second kappa shape index (κ2) is 11.6. The Labute approximate surface area is 199 Å². The standard InChI is InChI=1S/C24H27N5O4S/c1-17(11-13-25)16-33-21-9-5-18(6-10-21)22-12-14-26-24(28-22)27-20-7-3-19(4-8-20)23(15-30)29-34(2,31)32/h3-10,12,14,17,23,29-30H,11,15-16H2,1-2H3,(H,26,27,28). The van der Waals surface area contributed by atoms with Gasteiger partial charge in [-0.3, -0.25) is 0 Å². The van der Waals surface area contributed by atoms with Crippen LogP contribution in [0.15, 0.2) is 60.8 Å². The predicted molar refractivity (Wildman–Crippen MR) is 130 cm³/mol. The van der Waals surface area contributed by atoms with Crippen molar-refractivity contribution in [1.29, 1.82) is 5.26 Å². The topological polar surface area (TPSA) is 137 Å². The average molecular weight is 482 g/mol. The van der Waals surface area contributed by atoms with Crippen molar-refractivity contribution < 1.29 is 18.3 Å². The number of rotatable bonds is 11. The highest BCUT2D eigenvalue weighted by molar-refractivity contribution is 7.88. The highest BCUT2D eigenvalue weighted by atomic mass is 32.2. The van der Waals surface area contributed by atoms with Crippen LogP contribution in [0.2, 0.25) is 0 Å². The zero-order valence-corrected chi connectivity index (χ0v) is 19.8. The summed E-state index contributed by atoms with van der Waals surface area (Å²) in [5.41, 5.74) is 2.98. The number of ether oxygens (including phenoxy) is 1. The van der Waals surface area contributed by atoms with E-state index in [1.807, 2.05) is 37.3 Å². The van der Waals surface area contributed by atoms with E-state index < -0.39 is 16.1 Å². The number of sulfonamides is 1. The molecule has 0 saturated carbocycles. The van der Waals surface area contributed by atoms with Crippen molar-refractivity contribution in [3.8, 4) is 23.1 Å². The molecule has 3 rings (SSSR count). The number of nitriles is 1. The Morgan fingerprint density at radius 3 is 2.44 bits per heavy atom. The molecule has 178 valence electrons. The number of hydrogen-bond acceptors (Lipinski definition) is 8. The molecule has 3 N–H and O–H groups in total. The molecule has 9 nitrogen and oxygen atoms in total. The van der Waals surface area contributed by atoms with Gasteiger partial charge in [0.05, 0.1) is 37.3 Å². The number of hydrogen-bond donors (Lipinski definition) is 3. The van der Waals surface area contributed by atoms with Crippen LogP contribution in [0.5, 0.6) is 5.75 Å². The number of aliphatic hydroxyl groups is 1. The van der Waals surface area contributed by atoms with Crippen LogP contribution in [0, 0.1) is 17.2 Å². The van der Waals surface area contributed by atoms with E-state index in [0.29, 0.717) is 30.2 Å². The molecule has 3 aromatic rings. The van der Waals surface area contributed by atoms with E-state index in [1.165, 1.54) is 0 Å². The molecule has 34 heavy (non-hydrogen) atoms. The third-order valence-electron chi connectivity index (χ3n) is 4.89. The van der Waals surface area contributed by atoms with E-state index in [1.54, 1.807) is 30.5 Å². The smallest absolute Gasteiger partial charge is 0.227 e. The van der Waals surface area contributed by atoms with E-state index in [0.717, 1.165) is 23.3 Å². The van der Waals surface area contributed by atoms with Crippen LogP contribution in [-0.4, -0.2) is 43.0 Å². The highest BCUT2D eigenvalue weighted by Crippen LogP contribution is 2.23. The van der Waals surface area contributed by atoms with Crippen LogP contribution >= 0.6 is 0 Å². The monoisotopic (exact) mass is 481 g/mol. The summed E-state index contributed by atoms with van der Waals surface area (Å²) in [5.74, 6) is 1.30. The molecule has 1 aromatic heterocycles. The van der Waals surface area contributed by atoms with E-state index in [2.05, 4.69) is 26.1 Å². The minimum atomic E-state index is -3.45. The van der Waals surface area contributed by atoms with Gasteiger partial charge < -0.3 is 15.2 Å². The molecule has 0 fully saturated rings. The second-order valence-electron chi connectivity index (χ2n) is 7.94. The van der Waals surface area contributed by atoms with Crippen LogP contribution in [0.25, 0.3) is 11.3 Å². The maximum absolute atomic E-state index is 11.5. The van der Waals surface area contributed by atoms with Crippen molar-refractivity contribution in [3.05, 3.63) is 66.4 Å². The summed E-state index contributed by atoms with van der Waals surface area (Å²) < 4.78 is 31.0. The lowest BCUT2D eigenvalue weighted by atomic mass is 10.1. The van der Waals surface area contributed by atoms with Crippen LogP contribution in [-0.2, 0) is 10.0 Å². The van der Waals surface area contributed by atoms with Gasteiger partial charge in [0, 0.05) is 29.8 Å². The normalized spacial score (nSPS) is 13.0. The van der Waals surface area contributed by atoms with Crippen molar-refractivity contribution in [1.82, 2.24) is 14.7 Å². The molecule has 1 heterocycles. The Morgan fingerprint density at radius 1 is 1.12 bits per heavy atom. The first-order valence-corrected chi connectivity index (χ1v) is 12.5. The predicted octanol–water partition coefficient (Wildman–Crippen LogP) is 3.40. The zero-order chi connectivity index (χ0) is 24.6. The van der Waals surface area contributed by atoms with Gasteiger partial charge in [0.25, 0.3) is 0 Å². The van der Waals surface area contributed by atoms with Crippen LogP contribution < -0.4 is 14.8 Å². The van der Waals surface area contributed by atoms with Crippen LogP contribution in [0.1, 0.15) is 24.9 Å². The Balaban J connectivity index is 1.66. The highest BCUT2D eigenvalue weighted by Gasteiger charge is 2.15. The van der Waals surface area contributed by atoms with E-state index in [9.17, 15) is 13.5 Å². The summed E-state index contributed by atoms with van der Waals surface area (Å²) in [6, 6.07) is 17.8. The molecular weight excluding hydrogens is 454 g/mol. The minimum Gasteiger partial charge on any atom is -0.493 e. The molecular formula is C24H27N5O4S. The summed E-state index contributed by atoms with van der Waals surface area (Å²) in [5, 5.41) is 21.4. The van der Waals surface area contributed by atoms with Gasteiger partial charge in [0.2, 0.25) is 16.0 Å². The Kier molecular flexibility index (Phi) is 8.54. The molecule has 0 aliphatic heterocycles. The third-order valence-corrected chi connectivity index (χ3v) is 5.60. The zero-order valence-electron chi connectivity index (χ0n) is 19.0. The molecule has 0 aliphatic carbocycles. The Bertz CT molecular complexity index is 1230. The number of aromatic nitrogens is 2. The molecule has 0 amide bonds. The quantitative estimate of drug-likeness (QED) is 0.379. The molecule has 0 aliphatic rings. The third kappa shape index (κ3) is 7.52. The molecule has 0 spiro atoms. The van der Waals surface area contributed by atoms with Gasteiger partial charge in [-0.25, -0.2) is 23.1 Å². The first-order chi connectivity index (χ1) is 16.3. The van der Waals surface area contributed by atoms with Crippen molar-refractivity contribution in [2.45, 2.75) is 19.4 Å². The number of benzene rings is 2. The first-order valence-electron chi connectivity index (χ1n) is 10.7. The van der Waals surface area contributed by atoms with Crippen molar-refractivity contribution >= 4 is 21.7 Å². The molecule has 0 bridgehead atoms. The molecule has 10 heteroatoms. The Hall–Kier alpha value is -3.52. The summed E-state index contributed by atoms with van der Waals surface area (Å²) in [6.45, 7) is 2.10. The van der Waals surface area contributed by atoms with Gasteiger partial charge in [0.15, 0.2) is 0 Å². The summed E-state index contributed by atoms with van der Waals surface area (Å²) in [7, 11) is -3.45. The minimum absolute atomic E-state index is 0.166. The lowest BCUT2D eigenvalue weighted by Crippen LogP contribution is -2.29. The average Bonchev–Trinajstić information content (AvgIpc) is 2.82. The van der Waals surface area contributed by atoms with Gasteiger partial charge in [-0.15, -0.1) is 0 Å². The van der Waals surface area contributed by atoms with Gasteiger partial charge >= 0.3 is 0 Å². The maximum Gasteiger partial charge on any atom is 0.227 e. The number of aliphatic hydroxyl groups excluding tert-OH is 1. The van der Waals surface area contributed by atoms with Crippen LogP contribution in [0.4, 0.5) is 11.6 Å². The van der Waals surface area contributed by atoms with Gasteiger partial charge in [-0.05, 0) is 48.0 Å². The number of nitrogens with one attached hydrogen (secondary N) is 2. The van der Waals surface area contributed by atoms with Gasteiger partial charge in [-0.1, -0.05) is 19.1 Å². The van der Waals surface area contributed by atoms with Crippen molar-refractivity contribution in [2.24, 2.45) is 5.92 Å². The Morgan fingerprint density at radius 2 is 1.82 bits per heavy atom. The molecule has 2 unspecified atom stereocenters. The maximum atomic E-state index is 11.5. The molecule has 2 aromatic carbocycles. The van der Waals surface area contributed by atoms with Gasteiger partial charge in [0.1, 0.15) is 5.75 Å². The summed E-state index contributed by atoms with van der Waals surface area (Å²) in [4.78, 5) is 8.82. The molecule has 0 saturated heterocycles. The number of anilines is 2. The SMILES string of the molecule is CC(CC#N)COc1ccc(-c2ccnc(Nc3ccc(C(CO)NS(C)(=O)=O)cc3)n2)cc1. The second-order valence-corrected chi connectivity index (χ2v) is 9.72. The lowest BCUT2D eigenvalue weighted by molar-refractivity contribution is 0.259. The summed E-state index contributed by atoms with van der Waals surface area (Å²) >= 11 is 0. The summed E-state index contributed by atoms with van der Waals surface area (Å²) in [6.07, 6.45) is 3.16. The fourth-order valence-electron chi connectivity index (χ4n) is 3.15. The lowest BCUT2D eigenvalue weighted by Gasteiger charge is -2.15. The molecule has 2 atom stereocenters. The van der Waals surface area contributed by atoms with Crippen molar-refractivity contribution in [2.75, 3.05) is 24.8 Å². The fraction of sp³-hybridized carbons (Fsp3) is 0.292. The molecule has 0 radical (unpaired) electrons. The first kappa shape index (κ1) is 25.1. The van der Waals surface area contributed by atoms with E-state index in [-0.39, 0.29) is 12.5 Å².